The van der Waals surface area contributed by atoms with Gasteiger partial charge in [-0.2, -0.15) is 52.7 Å². The molecule has 0 radical (unpaired) electrons. The molecule has 0 heterocycles. The van der Waals surface area contributed by atoms with Gasteiger partial charge in [0.15, 0.2) is 0 Å². The first kappa shape index (κ1) is 36.8. The number of carbonyl (C=O) groups is 3. The summed E-state index contributed by atoms with van der Waals surface area (Å²) in [6.07, 6.45) is -38.9. The molecule has 0 aliphatic heterocycles. The van der Waals surface area contributed by atoms with Crippen LogP contribution in [0.1, 0.15) is 54.4 Å². The summed E-state index contributed by atoms with van der Waals surface area (Å²) >= 11 is 0. The summed E-state index contributed by atoms with van der Waals surface area (Å²) in [7, 11) is 0. The zero-order valence-electron chi connectivity index (χ0n) is 23.5. The van der Waals surface area contributed by atoms with Crippen LogP contribution in [0.25, 0.3) is 0 Å². The lowest BCUT2D eigenvalue weighted by molar-refractivity contribution is -0.319. The van der Waals surface area contributed by atoms with E-state index in [0.717, 1.165) is 0 Å². The Labute approximate surface area is 237 Å². The maximum atomic E-state index is 13.1. The molecule has 0 aromatic heterocycles. The molecule has 5 unspecified atom stereocenters. The van der Waals surface area contributed by atoms with E-state index in [4.69, 9.17) is 0 Å². The predicted molar refractivity (Wildman–Crippen MR) is 119 cm³/mol. The average molecular weight is 654 g/mol. The summed E-state index contributed by atoms with van der Waals surface area (Å²) in [5, 5.41) is 0. The van der Waals surface area contributed by atoms with Gasteiger partial charge in [0.05, 0.1) is 5.92 Å². The molecule has 2 bridgehead atoms. The highest BCUT2D eigenvalue weighted by Gasteiger charge is 2.64. The molecule has 6 nitrogen and oxygen atoms in total. The van der Waals surface area contributed by atoms with Crippen LogP contribution in [0.15, 0.2) is 0 Å². The molecule has 2 aliphatic rings. The first-order valence-electron chi connectivity index (χ1n) is 12.8. The van der Waals surface area contributed by atoms with Crippen molar-refractivity contribution in [3.8, 4) is 0 Å². The number of rotatable bonds is 6. The smallest absolute Gasteiger partial charge is 0.434 e. The van der Waals surface area contributed by atoms with E-state index in [9.17, 15) is 67.1 Å². The fourth-order valence-electron chi connectivity index (χ4n) is 6.45. The molecule has 5 atom stereocenters. The third-order valence-electron chi connectivity index (χ3n) is 7.63. The molecule has 43 heavy (non-hydrogen) atoms. The summed E-state index contributed by atoms with van der Waals surface area (Å²) in [6, 6.07) is 0. The topological polar surface area (TPSA) is 78.9 Å². The summed E-state index contributed by atoms with van der Waals surface area (Å²) in [6.45, 7) is 11.3. The number of carbonyl (C=O) groups excluding carboxylic acids is 3. The minimum atomic E-state index is -6.39. The van der Waals surface area contributed by atoms with Crippen LogP contribution < -0.4 is 0 Å². The van der Waals surface area contributed by atoms with Crippen LogP contribution in [0, 0.1) is 40.4 Å². The lowest BCUT2D eigenvalue weighted by Gasteiger charge is -2.48. The minimum absolute atomic E-state index is 0.00368. The first-order valence-corrected chi connectivity index (χ1v) is 12.8. The lowest BCUT2D eigenvalue weighted by Crippen LogP contribution is -2.52. The van der Waals surface area contributed by atoms with Gasteiger partial charge in [-0.1, -0.05) is 41.5 Å². The largest absolute Gasteiger partial charge is 0.440 e. The fourth-order valence-corrected chi connectivity index (χ4v) is 6.45. The summed E-state index contributed by atoms with van der Waals surface area (Å²) < 4.78 is 166. The second-order valence-corrected chi connectivity index (χ2v) is 12.9. The molecule has 2 fully saturated rings. The molecule has 0 amide bonds. The zero-order chi connectivity index (χ0) is 33.9. The van der Waals surface area contributed by atoms with Crippen molar-refractivity contribution in [1.82, 2.24) is 0 Å². The number of ether oxygens (including phenoxy) is 3. The lowest BCUT2D eigenvalue weighted by atomic mass is 9.57. The van der Waals surface area contributed by atoms with Crippen molar-refractivity contribution in [2.75, 3.05) is 0 Å². The summed E-state index contributed by atoms with van der Waals surface area (Å²) in [4.78, 5) is 37.8. The van der Waals surface area contributed by atoms with Crippen LogP contribution in [-0.2, 0) is 28.6 Å². The van der Waals surface area contributed by atoms with Crippen molar-refractivity contribution >= 4 is 17.9 Å². The van der Waals surface area contributed by atoms with Gasteiger partial charge in [-0.25, -0.2) is 9.59 Å². The maximum absolute atomic E-state index is 13.1. The fraction of sp³-hybridized carbons (Fsp3) is 0.880. The van der Waals surface area contributed by atoms with E-state index in [-0.39, 0.29) is 29.6 Å². The van der Waals surface area contributed by atoms with Gasteiger partial charge in [0.25, 0.3) is 18.3 Å². The molecule has 0 saturated heterocycles. The van der Waals surface area contributed by atoms with Crippen molar-refractivity contribution in [1.29, 1.82) is 0 Å². The predicted octanol–water partition coefficient (Wildman–Crippen LogP) is 6.95. The molecule has 250 valence electrons. The Morgan fingerprint density at radius 2 is 0.907 bits per heavy atom. The van der Waals surface area contributed by atoms with Crippen LogP contribution in [0.5, 0.6) is 0 Å². The van der Waals surface area contributed by atoms with Crippen molar-refractivity contribution in [3.05, 3.63) is 0 Å². The highest BCUT2D eigenvalue weighted by Crippen LogP contribution is 2.64. The van der Waals surface area contributed by atoms with Crippen molar-refractivity contribution in [3.63, 3.8) is 0 Å². The van der Waals surface area contributed by atoms with Gasteiger partial charge in [0, 0.05) is 0 Å². The summed E-state index contributed by atoms with van der Waals surface area (Å²) in [5.41, 5.74) is -0.802. The quantitative estimate of drug-likeness (QED) is 0.134. The standard InChI is InChI=1S/C25H30F12O6/c1-20(2,3)12-9-7-10(13(12)21(4,5)6)11(8-9)15(38)41-14(16(39)42-18(22(26,27)28)23(29,30)31)17(40)43-19(24(32,33)34)25(35,36)37/h9-14,18-19H,7-8H2,1-6H3. The number of hydrogen-bond acceptors (Lipinski definition) is 6. The van der Waals surface area contributed by atoms with E-state index in [1.165, 1.54) is 0 Å². The minimum Gasteiger partial charge on any atom is -0.440 e. The van der Waals surface area contributed by atoms with Crippen molar-refractivity contribution in [2.45, 2.75) is 97.4 Å². The highest BCUT2D eigenvalue weighted by molar-refractivity contribution is 6.00. The monoisotopic (exact) mass is 654 g/mol. The maximum Gasteiger partial charge on any atom is 0.434 e. The van der Waals surface area contributed by atoms with Crippen molar-refractivity contribution < 1.29 is 81.3 Å². The Bertz CT molecular complexity index is 974. The van der Waals surface area contributed by atoms with E-state index in [1.54, 1.807) is 0 Å². The number of halogens is 12. The Morgan fingerprint density at radius 3 is 1.21 bits per heavy atom. The van der Waals surface area contributed by atoms with Gasteiger partial charge in [-0.3, -0.25) is 4.79 Å². The summed E-state index contributed by atoms with van der Waals surface area (Å²) in [5.74, 6) is -9.98. The SMILES string of the molecule is CC(C)(C)C1C2CC(C(=O)OC(C(=O)OC(C(F)(F)F)C(F)(F)F)C(=O)OC(C(F)(F)F)C(F)(F)F)C(C2)C1C(C)(C)C. The second kappa shape index (κ2) is 11.5. The van der Waals surface area contributed by atoms with Crippen molar-refractivity contribution in [2.24, 2.45) is 40.4 Å². The average Bonchev–Trinajstić information content (AvgIpc) is 3.34. The van der Waals surface area contributed by atoms with Gasteiger partial charge < -0.3 is 14.2 Å². The third-order valence-corrected chi connectivity index (χ3v) is 7.63. The van der Waals surface area contributed by atoms with E-state index < -0.39 is 78.2 Å². The Hall–Kier alpha value is -2.43. The molecule has 0 spiro atoms. The van der Waals surface area contributed by atoms with Crippen LogP contribution in [0.2, 0.25) is 0 Å². The normalized spacial score (nSPS) is 25.5. The van der Waals surface area contributed by atoms with E-state index in [0.29, 0.717) is 6.42 Å². The highest BCUT2D eigenvalue weighted by atomic mass is 19.4. The van der Waals surface area contributed by atoms with Gasteiger partial charge in [0.1, 0.15) is 0 Å². The van der Waals surface area contributed by atoms with Crippen LogP contribution in [-0.4, -0.2) is 60.9 Å². The molecule has 2 rings (SSSR count). The Balaban J connectivity index is 2.47. The molecular formula is C25H30F12O6. The zero-order valence-corrected chi connectivity index (χ0v) is 23.5. The number of esters is 3. The van der Waals surface area contributed by atoms with Gasteiger partial charge in [-0.15, -0.1) is 0 Å². The van der Waals surface area contributed by atoms with E-state index in [1.807, 2.05) is 41.5 Å². The molecule has 0 aromatic rings. The molecule has 2 aliphatic carbocycles. The second-order valence-electron chi connectivity index (χ2n) is 12.9. The molecule has 18 heteroatoms. The van der Waals surface area contributed by atoms with Gasteiger partial charge in [-0.05, 0) is 47.3 Å². The third kappa shape index (κ3) is 8.39. The van der Waals surface area contributed by atoms with Gasteiger partial charge >= 0.3 is 42.6 Å². The number of alkyl halides is 12. The van der Waals surface area contributed by atoms with Crippen LogP contribution in [0.4, 0.5) is 52.7 Å². The molecular weight excluding hydrogens is 624 g/mol. The first-order chi connectivity index (χ1) is 18.9. The van der Waals surface area contributed by atoms with E-state index >= 15 is 0 Å². The number of fused-ring (bicyclic) bond motifs is 2. The van der Waals surface area contributed by atoms with Crippen LogP contribution >= 0.6 is 0 Å². The Kier molecular flexibility index (Phi) is 9.82. The van der Waals surface area contributed by atoms with Gasteiger partial charge in [0.2, 0.25) is 0 Å². The number of hydrogen-bond donors (Lipinski definition) is 0. The molecule has 2 saturated carbocycles. The molecule has 0 N–H and O–H groups in total. The van der Waals surface area contributed by atoms with Crippen LogP contribution in [0.3, 0.4) is 0 Å². The molecule has 0 aromatic carbocycles. The Morgan fingerprint density at radius 1 is 0.558 bits per heavy atom. The van der Waals surface area contributed by atoms with E-state index in [2.05, 4.69) is 14.2 Å².